The van der Waals surface area contributed by atoms with E-state index in [1.54, 1.807) is 12.1 Å². The highest BCUT2D eigenvalue weighted by molar-refractivity contribution is 6.32. The minimum absolute atomic E-state index is 0.295. The number of carbonyl (C=O) groups excluding carboxylic acids is 1. The third kappa shape index (κ3) is 5.42. The van der Waals surface area contributed by atoms with Crippen LogP contribution in [0.25, 0.3) is 0 Å². The molecule has 1 amide bonds. The SMILES string of the molecule is C#CC(=O)N(c1ccc(OC(C)(C)C)c(Cl)c1)C1(C(=O)O)CCCCC1.CC. The maximum Gasteiger partial charge on any atom is 0.330 e. The Morgan fingerprint density at radius 3 is 2.21 bits per heavy atom. The van der Waals surface area contributed by atoms with Gasteiger partial charge >= 0.3 is 11.9 Å². The van der Waals surface area contributed by atoms with E-state index in [1.165, 1.54) is 11.0 Å². The molecule has 1 N–H and O–H groups in total. The molecule has 1 aromatic rings. The van der Waals surface area contributed by atoms with Crippen LogP contribution in [0, 0.1) is 12.3 Å². The second kappa shape index (κ2) is 9.84. The van der Waals surface area contributed by atoms with Crippen molar-refractivity contribution < 1.29 is 19.4 Å². The molecule has 0 radical (unpaired) electrons. The van der Waals surface area contributed by atoms with Crippen LogP contribution in [0.2, 0.25) is 5.02 Å². The van der Waals surface area contributed by atoms with E-state index < -0.39 is 23.0 Å². The van der Waals surface area contributed by atoms with Gasteiger partial charge < -0.3 is 9.84 Å². The molecule has 154 valence electrons. The Labute approximate surface area is 173 Å². The summed E-state index contributed by atoms with van der Waals surface area (Å²) < 4.78 is 5.78. The zero-order valence-corrected chi connectivity index (χ0v) is 18.1. The van der Waals surface area contributed by atoms with Crippen molar-refractivity contribution in [3.8, 4) is 18.1 Å². The second-order valence-corrected chi connectivity index (χ2v) is 7.92. The third-order valence-electron chi connectivity index (χ3n) is 4.42. The first-order chi connectivity index (χ1) is 13.1. The molecule has 0 atom stereocenters. The van der Waals surface area contributed by atoms with E-state index in [2.05, 4.69) is 5.92 Å². The molecule has 1 aliphatic carbocycles. The number of amides is 1. The molecule has 0 saturated heterocycles. The lowest BCUT2D eigenvalue weighted by Gasteiger charge is -2.42. The number of carboxylic acids is 1. The minimum atomic E-state index is -1.35. The van der Waals surface area contributed by atoms with Gasteiger partial charge in [0, 0.05) is 5.69 Å². The number of nitrogens with zero attached hydrogens (tertiary/aromatic N) is 1. The molecule has 0 heterocycles. The fraction of sp³-hybridized carbons (Fsp3) is 0.545. The van der Waals surface area contributed by atoms with Gasteiger partial charge in [-0.05, 0) is 57.7 Å². The molecule has 1 aromatic carbocycles. The number of aliphatic carboxylic acids is 1. The van der Waals surface area contributed by atoms with E-state index in [0.29, 0.717) is 29.3 Å². The quantitative estimate of drug-likeness (QED) is 0.688. The molecule has 0 spiro atoms. The zero-order valence-electron chi connectivity index (χ0n) is 17.3. The molecule has 0 aromatic heterocycles. The number of terminal acetylenes is 1. The molecule has 1 saturated carbocycles. The summed E-state index contributed by atoms with van der Waals surface area (Å²) in [6.07, 6.45) is 8.43. The number of carboxylic acid groups (broad SMARTS) is 1. The molecule has 0 bridgehead atoms. The number of rotatable bonds is 4. The first-order valence-electron chi connectivity index (χ1n) is 9.63. The lowest BCUT2D eigenvalue weighted by atomic mass is 9.79. The summed E-state index contributed by atoms with van der Waals surface area (Å²) in [6, 6.07) is 4.80. The highest BCUT2D eigenvalue weighted by atomic mass is 35.5. The van der Waals surface area contributed by atoms with Gasteiger partial charge in [-0.15, -0.1) is 6.42 Å². The van der Waals surface area contributed by atoms with Crippen molar-refractivity contribution in [1.82, 2.24) is 0 Å². The van der Waals surface area contributed by atoms with Crippen molar-refractivity contribution in [2.24, 2.45) is 0 Å². The van der Waals surface area contributed by atoms with Gasteiger partial charge in [-0.25, -0.2) is 4.79 Å². The van der Waals surface area contributed by atoms with Crippen LogP contribution in [0.15, 0.2) is 18.2 Å². The fourth-order valence-corrected chi connectivity index (χ4v) is 3.55. The molecular formula is C22H30ClNO4. The number of halogens is 1. The average molecular weight is 408 g/mol. The number of hydrogen-bond acceptors (Lipinski definition) is 3. The van der Waals surface area contributed by atoms with E-state index in [9.17, 15) is 14.7 Å². The van der Waals surface area contributed by atoms with Crippen LogP contribution in [0.3, 0.4) is 0 Å². The zero-order chi connectivity index (χ0) is 21.5. The van der Waals surface area contributed by atoms with E-state index in [4.69, 9.17) is 22.8 Å². The van der Waals surface area contributed by atoms with Gasteiger partial charge in [0.05, 0.1) is 5.02 Å². The Morgan fingerprint density at radius 2 is 1.79 bits per heavy atom. The highest BCUT2D eigenvalue weighted by Gasteiger charge is 2.48. The van der Waals surface area contributed by atoms with Gasteiger partial charge in [0.15, 0.2) is 0 Å². The van der Waals surface area contributed by atoms with Crippen LogP contribution in [-0.4, -0.2) is 28.1 Å². The monoisotopic (exact) mass is 407 g/mol. The van der Waals surface area contributed by atoms with Crippen molar-refractivity contribution >= 4 is 29.2 Å². The molecule has 28 heavy (non-hydrogen) atoms. The number of ether oxygens (including phenoxy) is 1. The summed E-state index contributed by atoms with van der Waals surface area (Å²) in [5, 5.41) is 10.2. The predicted molar refractivity (Wildman–Crippen MR) is 113 cm³/mol. The highest BCUT2D eigenvalue weighted by Crippen LogP contribution is 2.40. The van der Waals surface area contributed by atoms with Crippen LogP contribution < -0.4 is 9.64 Å². The third-order valence-corrected chi connectivity index (χ3v) is 4.72. The maximum absolute atomic E-state index is 12.5. The molecule has 2 rings (SSSR count). The smallest absolute Gasteiger partial charge is 0.330 e. The summed E-state index contributed by atoms with van der Waals surface area (Å²) in [7, 11) is 0. The van der Waals surface area contributed by atoms with Crippen molar-refractivity contribution in [1.29, 1.82) is 0 Å². The van der Waals surface area contributed by atoms with Crippen LogP contribution in [-0.2, 0) is 9.59 Å². The van der Waals surface area contributed by atoms with Crippen molar-refractivity contribution in [2.75, 3.05) is 4.90 Å². The average Bonchev–Trinajstić information content (AvgIpc) is 2.65. The van der Waals surface area contributed by atoms with Gasteiger partial charge in [0.25, 0.3) is 0 Å². The molecule has 1 fully saturated rings. The van der Waals surface area contributed by atoms with E-state index in [1.807, 2.05) is 34.6 Å². The summed E-state index contributed by atoms with van der Waals surface area (Å²) in [4.78, 5) is 25.8. The number of carbonyl (C=O) groups is 2. The lowest BCUT2D eigenvalue weighted by molar-refractivity contribution is -0.146. The Bertz CT molecular complexity index is 740. The van der Waals surface area contributed by atoms with Crippen molar-refractivity contribution in [2.45, 2.75) is 77.9 Å². The van der Waals surface area contributed by atoms with Gasteiger partial charge in [0.2, 0.25) is 0 Å². The first-order valence-corrected chi connectivity index (χ1v) is 10.0. The number of hydrogen-bond donors (Lipinski definition) is 1. The molecule has 6 heteroatoms. The van der Waals surface area contributed by atoms with E-state index >= 15 is 0 Å². The van der Waals surface area contributed by atoms with Gasteiger partial charge in [-0.3, -0.25) is 9.69 Å². The largest absolute Gasteiger partial charge is 0.487 e. The van der Waals surface area contributed by atoms with E-state index in [0.717, 1.165) is 19.3 Å². The lowest BCUT2D eigenvalue weighted by Crippen LogP contribution is -2.58. The Hall–Kier alpha value is -2.19. The minimum Gasteiger partial charge on any atom is -0.487 e. The molecular weight excluding hydrogens is 378 g/mol. The van der Waals surface area contributed by atoms with Crippen molar-refractivity contribution in [3.63, 3.8) is 0 Å². The van der Waals surface area contributed by atoms with Crippen LogP contribution in [0.4, 0.5) is 5.69 Å². The second-order valence-electron chi connectivity index (χ2n) is 7.51. The maximum atomic E-state index is 12.5. The van der Waals surface area contributed by atoms with Crippen molar-refractivity contribution in [3.05, 3.63) is 23.2 Å². The molecule has 0 unspecified atom stereocenters. The first kappa shape index (κ1) is 23.8. The summed E-state index contributed by atoms with van der Waals surface area (Å²) >= 11 is 6.33. The topological polar surface area (TPSA) is 66.8 Å². The summed E-state index contributed by atoms with van der Waals surface area (Å²) in [6.45, 7) is 9.69. The Morgan fingerprint density at radius 1 is 1.21 bits per heavy atom. The molecule has 1 aliphatic rings. The normalized spacial score (nSPS) is 15.5. The van der Waals surface area contributed by atoms with Gasteiger partial charge in [-0.1, -0.05) is 44.7 Å². The van der Waals surface area contributed by atoms with Gasteiger partial charge in [0.1, 0.15) is 16.9 Å². The predicted octanol–water partition coefficient (Wildman–Crippen LogP) is 5.30. The fourth-order valence-electron chi connectivity index (χ4n) is 3.33. The van der Waals surface area contributed by atoms with E-state index in [-0.39, 0.29) is 0 Å². The van der Waals surface area contributed by atoms with Crippen LogP contribution in [0.1, 0.15) is 66.7 Å². The van der Waals surface area contributed by atoms with Crippen LogP contribution >= 0.6 is 11.6 Å². The summed E-state index contributed by atoms with van der Waals surface area (Å²) in [5.41, 5.74) is -1.42. The summed E-state index contributed by atoms with van der Waals surface area (Å²) in [5.74, 6) is 0.790. The van der Waals surface area contributed by atoms with Crippen LogP contribution in [0.5, 0.6) is 5.75 Å². The number of anilines is 1. The standard InChI is InChI=1S/C20H24ClNO4.C2H6/c1-5-17(23)22(20(18(24)25)11-7-6-8-12-20)14-9-10-16(15(21)13-14)26-19(2,3)4;1-2/h1,9-10,13H,6-8,11-12H2,2-4H3,(H,24,25);1-2H3. The number of benzene rings is 1. The Balaban J connectivity index is 0.00000190. The van der Waals surface area contributed by atoms with Gasteiger partial charge in [-0.2, -0.15) is 0 Å². The molecule has 5 nitrogen and oxygen atoms in total. The Kier molecular flexibility index (Phi) is 8.38. The molecule has 0 aliphatic heterocycles.